The molecule has 0 aliphatic carbocycles. The summed E-state index contributed by atoms with van der Waals surface area (Å²) in [6, 6.07) is 17.3. The Morgan fingerprint density at radius 2 is 1.42 bits per heavy atom. The highest BCUT2D eigenvalue weighted by atomic mass is 16.5. The molecule has 0 bridgehead atoms. The van der Waals surface area contributed by atoms with E-state index in [0.717, 1.165) is 37.4 Å². The third-order valence-corrected chi connectivity index (χ3v) is 6.81. The molecule has 36 heavy (non-hydrogen) atoms. The number of anilines is 3. The molecule has 0 radical (unpaired) electrons. The molecule has 2 aromatic carbocycles. The van der Waals surface area contributed by atoms with Crippen LogP contribution in [0.25, 0.3) is 0 Å². The van der Waals surface area contributed by atoms with Crippen LogP contribution in [0.15, 0.2) is 73.8 Å². The van der Waals surface area contributed by atoms with Gasteiger partial charge in [0.1, 0.15) is 11.5 Å². The Morgan fingerprint density at radius 1 is 0.889 bits per heavy atom. The van der Waals surface area contributed by atoms with Crippen molar-refractivity contribution in [2.45, 2.75) is 24.9 Å². The second-order valence-electron chi connectivity index (χ2n) is 9.09. The first kappa shape index (κ1) is 23.8. The van der Waals surface area contributed by atoms with Crippen LogP contribution in [0.4, 0.5) is 17.8 Å². The Morgan fingerprint density at radius 3 is 1.94 bits per heavy atom. The van der Waals surface area contributed by atoms with E-state index < -0.39 is 0 Å². The molecule has 186 valence electrons. The maximum atomic E-state index is 6.22. The molecule has 0 spiro atoms. The molecule has 2 aliphatic rings. The second-order valence-corrected chi connectivity index (χ2v) is 9.09. The lowest BCUT2D eigenvalue weighted by Gasteiger charge is -2.42. The number of nitrogens with zero attached hydrogens (tertiary/aromatic N) is 5. The van der Waals surface area contributed by atoms with Gasteiger partial charge in [-0.2, -0.15) is 15.0 Å². The van der Waals surface area contributed by atoms with Gasteiger partial charge < -0.3 is 20.3 Å². The Kier molecular flexibility index (Phi) is 7.13. The second kappa shape index (κ2) is 10.8. The first-order chi connectivity index (χ1) is 17.7. The number of aromatic nitrogens is 3. The molecule has 0 saturated carbocycles. The molecule has 2 N–H and O–H groups in total. The van der Waals surface area contributed by atoms with E-state index in [9.17, 15) is 0 Å². The van der Waals surface area contributed by atoms with Crippen LogP contribution in [0.5, 0.6) is 11.5 Å². The van der Waals surface area contributed by atoms with Crippen molar-refractivity contribution >= 4 is 17.8 Å². The Labute approximate surface area is 212 Å². The average molecular weight is 484 g/mol. The van der Waals surface area contributed by atoms with Crippen molar-refractivity contribution in [1.29, 1.82) is 0 Å². The quantitative estimate of drug-likeness (QED) is 0.418. The van der Waals surface area contributed by atoms with Crippen LogP contribution in [-0.2, 0) is 0 Å². The topological polar surface area (TPSA) is 78.4 Å². The molecule has 5 rings (SSSR count). The Bertz CT molecular complexity index is 1150. The Balaban J connectivity index is 1.33. The van der Waals surface area contributed by atoms with Gasteiger partial charge in [0.25, 0.3) is 0 Å². The number of rotatable bonds is 9. The predicted molar refractivity (Wildman–Crippen MR) is 145 cm³/mol. The zero-order valence-electron chi connectivity index (χ0n) is 20.7. The van der Waals surface area contributed by atoms with E-state index in [-0.39, 0.29) is 6.04 Å². The molecule has 8 heteroatoms. The molecule has 0 unspecified atom stereocenters. The lowest BCUT2D eigenvalue weighted by Crippen LogP contribution is -2.45. The van der Waals surface area contributed by atoms with Gasteiger partial charge in [0.15, 0.2) is 0 Å². The molecule has 1 saturated heterocycles. The van der Waals surface area contributed by atoms with Crippen LogP contribution < -0.4 is 20.3 Å². The summed E-state index contributed by atoms with van der Waals surface area (Å²) in [6.45, 7) is 10.4. The number of piperidine rings is 1. The lowest BCUT2D eigenvalue weighted by atomic mass is 9.91. The zero-order chi connectivity index (χ0) is 24.9. The summed E-state index contributed by atoms with van der Waals surface area (Å²) in [5, 5.41) is 6.37. The first-order valence-corrected chi connectivity index (χ1v) is 12.5. The third-order valence-electron chi connectivity index (χ3n) is 6.81. The van der Waals surface area contributed by atoms with Crippen molar-refractivity contribution in [3.05, 3.63) is 85.0 Å². The summed E-state index contributed by atoms with van der Waals surface area (Å²) >= 11 is 0. The summed E-state index contributed by atoms with van der Waals surface area (Å²) in [5.74, 6) is 3.65. The van der Waals surface area contributed by atoms with Gasteiger partial charge in [-0.25, -0.2) is 0 Å². The summed E-state index contributed by atoms with van der Waals surface area (Å²) in [7, 11) is 2.24. The molecule has 8 nitrogen and oxygen atoms in total. The molecular weight excluding hydrogens is 450 g/mol. The number of hydrogen-bond donors (Lipinski definition) is 2. The van der Waals surface area contributed by atoms with Gasteiger partial charge >= 0.3 is 0 Å². The highest BCUT2D eigenvalue weighted by Gasteiger charge is 2.34. The number of nitrogens with one attached hydrogen (secondary N) is 2. The molecule has 2 aliphatic heterocycles. The van der Waals surface area contributed by atoms with E-state index in [4.69, 9.17) is 4.74 Å². The largest absolute Gasteiger partial charge is 0.457 e. The van der Waals surface area contributed by atoms with E-state index >= 15 is 0 Å². The standard InChI is InChI=1S/C28H33N7O/c1-4-16-29-26-31-27(30-17-5-2)33-28(32-26)35-18-14-20(15-19-35)34(3)25-21-10-6-8-12-23(21)36-24-13-9-7-11-22(24)25/h4-13,20,25H,1-2,14-19H2,3H3,(H2,29,30,31,32,33). The number of para-hydroxylation sites is 2. The van der Waals surface area contributed by atoms with Crippen LogP contribution in [-0.4, -0.2) is 59.1 Å². The van der Waals surface area contributed by atoms with Crippen molar-refractivity contribution < 1.29 is 4.74 Å². The molecule has 1 fully saturated rings. The summed E-state index contributed by atoms with van der Waals surface area (Å²) in [4.78, 5) is 18.6. The monoisotopic (exact) mass is 483 g/mol. The number of ether oxygens (including phenoxy) is 1. The minimum atomic E-state index is 0.157. The summed E-state index contributed by atoms with van der Waals surface area (Å²) in [6.07, 6.45) is 5.59. The maximum Gasteiger partial charge on any atom is 0.231 e. The normalized spacial score (nSPS) is 15.6. The van der Waals surface area contributed by atoms with Gasteiger partial charge in [-0.3, -0.25) is 4.90 Å². The molecule has 3 aromatic rings. The number of benzene rings is 2. The summed E-state index contributed by atoms with van der Waals surface area (Å²) < 4.78 is 6.22. The van der Waals surface area contributed by atoms with E-state index in [1.165, 1.54) is 11.1 Å². The predicted octanol–water partition coefficient (Wildman–Crippen LogP) is 4.86. The molecule has 1 aromatic heterocycles. The van der Waals surface area contributed by atoms with E-state index in [2.05, 4.69) is 92.0 Å². The molecular formula is C28H33N7O. The highest BCUT2D eigenvalue weighted by molar-refractivity contribution is 5.53. The van der Waals surface area contributed by atoms with Crippen molar-refractivity contribution in [3.8, 4) is 11.5 Å². The van der Waals surface area contributed by atoms with Gasteiger partial charge in [-0.1, -0.05) is 48.6 Å². The van der Waals surface area contributed by atoms with Gasteiger partial charge in [0.05, 0.1) is 6.04 Å². The fraction of sp³-hybridized carbons (Fsp3) is 0.321. The van der Waals surface area contributed by atoms with Crippen LogP contribution >= 0.6 is 0 Å². The summed E-state index contributed by atoms with van der Waals surface area (Å²) in [5.41, 5.74) is 2.43. The Hall–Kier alpha value is -3.91. The van der Waals surface area contributed by atoms with Crippen molar-refractivity contribution in [2.24, 2.45) is 0 Å². The van der Waals surface area contributed by atoms with Gasteiger partial charge in [-0.15, -0.1) is 13.2 Å². The number of hydrogen-bond acceptors (Lipinski definition) is 8. The smallest absolute Gasteiger partial charge is 0.231 e. The highest BCUT2D eigenvalue weighted by Crippen LogP contribution is 2.46. The van der Waals surface area contributed by atoms with Crippen LogP contribution in [0.1, 0.15) is 30.0 Å². The minimum Gasteiger partial charge on any atom is -0.457 e. The van der Waals surface area contributed by atoms with Gasteiger partial charge in [0.2, 0.25) is 17.8 Å². The van der Waals surface area contributed by atoms with E-state index in [1.54, 1.807) is 12.2 Å². The maximum absolute atomic E-state index is 6.22. The average Bonchev–Trinajstić information content (AvgIpc) is 2.93. The van der Waals surface area contributed by atoms with Crippen LogP contribution in [0.2, 0.25) is 0 Å². The minimum absolute atomic E-state index is 0.157. The SMILES string of the molecule is C=CCNc1nc(NCC=C)nc(N2CCC(N(C)C3c4ccccc4Oc4ccccc43)CC2)n1. The lowest BCUT2D eigenvalue weighted by molar-refractivity contribution is 0.162. The van der Waals surface area contributed by atoms with Crippen LogP contribution in [0, 0.1) is 0 Å². The fourth-order valence-electron chi connectivity index (χ4n) is 5.00. The van der Waals surface area contributed by atoms with Crippen molar-refractivity contribution in [3.63, 3.8) is 0 Å². The molecule has 0 atom stereocenters. The van der Waals surface area contributed by atoms with Gasteiger partial charge in [-0.05, 0) is 32.0 Å². The van der Waals surface area contributed by atoms with Crippen molar-refractivity contribution in [2.75, 3.05) is 48.8 Å². The van der Waals surface area contributed by atoms with E-state index in [0.29, 0.717) is 37.0 Å². The third kappa shape index (κ3) is 4.90. The van der Waals surface area contributed by atoms with Crippen molar-refractivity contribution in [1.82, 2.24) is 19.9 Å². The van der Waals surface area contributed by atoms with E-state index in [1.807, 2.05) is 12.1 Å². The fourth-order valence-corrected chi connectivity index (χ4v) is 5.00. The van der Waals surface area contributed by atoms with Gasteiger partial charge in [0, 0.05) is 43.3 Å². The zero-order valence-corrected chi connectivity index (χ0v) is 20.7. The van der Waals surface area contributed by atoms with Crippen LogP contribution in [0.3, 0.4) is 0 Å². The molecule has 3 heterocycles. The molecule has 0 amide bonds. The first-order valence-electron chi connectivity index (χ1n) is 12.5. The number of fused-ring (bicyclic) bond motifs is 2.